The van der Waals surface area contributed by atoms with Crippen molar-refractivity contribution in [1.29, 1.82) is 0 Å². The third-order valence-corrected chi connectivity index (χ3v) is 5.02. The zero-order valence-corrected chi connectivity index (χ0v) is 17.0. The molecular weight excluding hydrogens is 338 g/mol. The van der Waals surface area contributed by atoms with Gasteiger partial charge in [0, 0.05) is 37.2 Å². The molecule has 27 heavy (non-hydrogen) atoms. The Morgan fingerprint density at radius 2 is 1.85 bits per heavy atom. The highest BCUT2D eigenvalue weighted by Crippen LogP contribution is 2.32. The SMILES string of the molecule is CNc1nc(C(C)C)ccc1-c1nc2c(C)cn([C@H](C)CCO)c2nc1C. The smallest absolute Gasteiger partial charge is 0.159 e. The number of fused-ring (bicyclic) bond motifs is 1. The third-order valence-electron chi connectivity index (χ3n) is 5.02. The van der Waals surface area contributed by atoms with Gasteiger partial charge < -0.3 is 15.0 Å². The second kappa shape index (κ2) is 7.64. The highest BCUT2D eigenvalue weighted by atomic mass is 16.3. The molecule has 0 saturated carbocycles. The standard InChI is InChI=1S/C21H29N5O/c1-12(2)17-8-7-16(20(22-6)24-17)19-15(5)23-21-18(25-19)13(3)11-26(21)14(4)9-10-27/h7-8,11-12,14,27H,9-10H2,1-6H3,(H,22,24)/t14-/m1/s1. The van der Waals surface area contributed by atoms with E-state index in [1.807, 2.05) is 14.0 Å². The van der Waals surface area contributed by atoms with Crippen LogP contribution in [0, 0.1) is 13.8 Å². The van der Waals surface area contributed by atoms with Crippen molar-refractivity contribution in [1.82, 2.24) is 19.5 Å². The van der Waals surface area contributed by atoms with E-state index in [1.165, 1.54) is 0 Å². The maximum Gasteiger partial charge on any atom is 0.159 e. The molecule has 0 saturated heterocycles. The number of hydrogen-bond donors (Lipinski definition) is 2. The van der Waals surface area contributed by atoms with E-state index in [-0.39, 0.29) is 12.6 Å². The number of aliphatic hydroxyl groups excluding tert-OH is 1. The van der Waals surface area contributed by atoms with Gasteiger partial charge in [0.15, 0.2) is 5.65 Å². The average Bonchev–Trinajstić information content (AvgIpc) is 2.96. The third kappa shape index (κ3) is 3.54. The van der Waals surface area contributed by atoms with Gasteiger partial charge in [-0.25, -0.2) is 15.0 Å². The Morgan fingerprint density at radius 1 is 1.11 bits per heavy atom. The maximum atomic E-state index is 9.28. The van der Waals surface area contributed by atoms with Gasteiger partial charge in [-0.2, -0.15) is 0 Å². The quantitative estimate of drug-likeness (QED) is 0.682. The Labute approximate surface area is 160 Å². The number of aromatic nitrogens is 4. The largest absolute Gasteiger partial charge is 0.396 e. The summed E-state index contributed by atoms with van der Waals surface area (Å²) in [7, 11) is 1.88. The van der Waals surface area contributed by atoms with E-state index in [0.717, 1.165) is 45.2 Å². The van der Waals surface area contributed by atoms with Gasteiger partial charge in [0.05, 0.1) is 11.4 Å². The number of nitrogens with one attached hydrogen (secondary N) is 1. The Kier molecular flexibility index (Phi) is 5.46. The van der Waals surface area contributed by atoms with Gasteiger partial charge in [0.25, 0.3) is 0 Å². The van der Waals surface area contributed by atoms with Crippen molar-refractivity contribution in [2.24, 2.45) is 0 Å². The van der Waals surface area contributed by atoms with Crippen LogP contribution in [0.25, 0.3) is 22.4 Å². The summed E-state index contributed by atoms with van der Waals surface area (Å²) in [5, 5.41) is 12.5. The minimum Gasteiger partial charge on any atom is -0.396 e. The Balaban J connectivity index is 2.17. The Morgan fingerprint density at radius 3 is 2.48 bits per heavy atom. The van der Waals surface area contributed by atoms with Gasteiger partial charge in [-0.05, 0) is 50.8 Å². The molecule has 6 nitrogen and oxygen atoms in total. The summed E-state index contributed by atoms with van der Waals surface area (Å²) in [6.07, 6.45) is 2.77. The van der Waals surface area contributed by atoms with Crippen molar-refractivity contribution >= 4 is 17.0 Å². The monoisotopic (exact) mass is 367 g/mol. The Hall–Kier alpha value is -2.47. The second-order valence-corrected chi connectivity index (χ2v) is 7.45. The van der Waals surface area contributed by atoms with E-state index in [2.05, 4.69) is 55.9 Å². The predicted molar refractivity (Wildman–Crippen MR) is 110 cm³/mol. The van der Waals surface area contributed by atoms with Crippen molar-refractivity contribution in [3.63, 3.8) is 0 Å². The first-order chi connectivity index (χ1) is 12.9. The summed E-state index contributed by atoms with van der Waals surface area (Å²) in [4.78, 5) is 14.6. The molecule has 3 rings (SSSR count). The van der Waals surface area contributed by atoms with E-state index >= 15 is 0 Å². The van der Waals surface area contributed by atoms with Crippen LogP contribution in [0.1, 0.15) is 56.1 Å². The molecule has 144 valence electrons. The molecule has 0 amide bonds. The summed E-state index contributed by atoms with van der Waals surface area (Å²) in [5.74, 6) is 1.19. The number of aryl methyl sites for hydroxylation is 2. The highest BCUT2D eigenvalue weighted by Gasteiger charge is 2.18. The highest BCUT2D eigenvalue weighted by molar-refractivity contribution is 5.82. The van der Waals surface area contributed by atoms with E-state index in [4.69, 9.17) is 15.0 Å². The van der Waals surface area contributed by atoms with E-state index in [9.17, 15) is 5.11 Å². The Bertz CT molecular complexity index is 961. The fourth-order valence-corrected chi connectivity index (χ4v) is 3.38. The number of nitrogens with zero attached hydrogens (tertiary/aromatic N) is 4. The lowest BCUT2D eigenvalue weighted by Gasteiger charge is -2.15. The zero-order chi connectivity index (χ0) is 19.7. The van der Waals surface area contributed by atoms with Crippen LogP contribution in [0.3, 0.4) is 0 Å². The normalized spacial score (nSPS) is 12.7. The number of anilines is 1. The number of hydrogen-bond acceptors (Lipinski definition) is 5. The molecule has 3 heterocycles. The molecule has 0 unspecified atom stereocenters. The van der Waals surface area contributed by atoms with Crippen LogP contribution in [0.15, 0.2) is 18.3 Å². The van der Waals surface area contributed by atoms with Gasteiger partial charge in [-0.15, -0.1) is 0 Å². The molecule has 0 spiro atoms. The molecule has 3 aromatic rings. The lowest BCUT2D eigenvalue weighted by atomic mass is 10.1. The molecule has 0 aliphatic rings. The minimum atomic E-state index is 0.157. The summed E-state index contributed by atoms with van der Waals surface area (Å²) >= 11 is 0. The van der Waals surface area contributed by atoms with Crippen LogP contribution in [0.4, 0.5) is 5.82 Å². The van der Waals surface area contributed by atoms with Crippen LogP contribution in [0.2, 0.25) is 0 Å². The van der Waals surface area contributed by atoms with Crippen molar-refractivity contribution < 1.29 is 5.11 Å². The van der Waals surface area contributed by atoms with Crippen LogP contribution in [-0.4, -0.2) is 38.3 Å². The summed E-state index contributed by atoms with van der Waals surface area (Å²) in [5.41, 5.74) is 6.59. The van der Waals surface area contributed by atoms with Crippen molar-refractivity contribution in [3.05, 3.63) is 35.3 Å². The topological polar surface area (TPSA) is 75.9 Å². The number of rotatable bonds is 6. The molecule has 1 atom stereocenters. The molecule has 0 aliphatic heterocycles. The minimum absolute atomic E-state index is 0.157. The number of pyridine rings is 1. The van der Waals surface area contributed by atoms with Crippen LogP contribution in [0.5, 0.6) is 0 Å². The summed E-state index contributed by atoms with van der Waals surface area (Å²) in [6, 6.07) is 4.32. The van der Waals surface area contributed by atoms with Crippen LogP contribution >= 0.6 is 0 Å². The molecule has 0 fully saturated rings. The van der Waals surface area contributed by atoms with Crippen molar-refractivity contribution in [3.8, 4) is 11.3 Å². The van der Waals surface area contributed by atoms with E-state index < -0.39 is 0 Å². The van der Waals surface area contributed by atoms with Gasteiger partial charge in [0.1, 0.15) is 11.3 Å². The first kappa shape index (κ1) is 19.3. The molecule has 2 N–H and O–H groups in total. The molecule has 0 radical (unpaired) electrons. The zero-order valence-electron chi connectivity index (χ0n) is 17.0. The van der Waals surface area contributed by atoms with Crippen molar-refractivity contribution in [2.75, 3.05) is 19.0 Å². The molecule has 6 heteroatoms. The van der Waals surface area contributed by atoms with Crippen LogP contribution < -0.4 is 5.32 Å². The molecule has 0 aromatic carbocycles. The van der Waals surface area contributed by atoms with Crippen molar-refractivity contribution in [2.45, 2.75) is 53.0 Å². The lowest BCUT2D eigenvalue weighted by molar-refractivity contribution is 0.264. The van der Waals surface area contributed by atoms with Gasteiger partial charge >= 0.3 is 0 Å². The van der Waals surface area contributed by atoms with E-state index in [1.54, 1.807) is 0 Å². The number of aliphatic hydroxyl groups is 1. The summed E-state index contributed by atoms with van der Waals surface area (Å²) in [6.45, 7) is 10.6. The maximum absolute atomic E-state index is 9.28. The molecular formula is C21H29N5O. The summed E-state index contributed by atoms with van der Waals surface area (Å²) < 4.78 is 2.11. The molecule has 0 aliphatic carbocycles. The average molecular weight is 367 g/mol. The fourth-order valence-electron chi connectivity index (χ4n) is 3.38. The lowest BCUT2D eigenvalue weighted by Crippen LogP contribution is -2.08. The van der Waals surface area contributed by atoms with Gasteiger partial charge in [0.2, 0.25) is 0 Å². The second-order valence-electron chi connectivity index (χ2n) is 7.45. The predicted octanol–water partition coefficient (Wildman–Crippen LogP) is 4.22. The molecule has 3 aromatic heterocycles. The fraction of sp³-hybridized carbons (Fsp3) is 0.476. The first-order valence-electron chi connectivity index (χ1n) is 9.53. The van der Waals surface area contributed by atoms with Crippen LogP contribution in [-0.2, 0) is 0 Å². The first-order valence-corrected chi connectivity index (χ1v) is 9.53. The van der Waals surface area contributed by atoms with Gasteiger partial charge in [-0.1, -0.05) is 13.8 Å². The molecule has 0 bridgehead atoms. The van der Waals surface area contributed by atoms with E-state index in [0.29, 0.717) is 12.3 Å². The van der Waals surface area contributed by atoms with Gasteiger partial charge in [-0.3, -0.25) is 0 Å².